The minimum absolute atomic E-state index is 0.113. The zero-order chi connectivity index (χ0) is 20.8. The number of nitrogens with one attached hydrogen (secondary N) is 2. The van der Waals surface area contributed by atoms with Crippen molar-refractivity contribution in [2.45, 2.75) is 19.4 Å². The number of carbonyl (C=O) groups is 2. The van der Waals surface area contributed by atoms with Crippen LogP contribution in [0.3, 0.4) is 0 Å². The van der Waals surface area contributed by atoms with E-state index in [1.807, 2.05) is 24.9 Å². The molecule has 154 valence electrons. The molecule has 1 aromatic carbocycles. The fraction of sp³-hybridized carbons (Fsp3) is 0.381. The molecule has 2 amide bonds. The maximum atomic E-state index is 12.5. The molecule has 0 bridgehead atoms. The van der Waals surface area contributed by atoms with Crippen LogP contribution in [-0.4, -0.2) is 56.8 Å². The smallest absolute Gasteiger partial charge is 0.251 e. The lowest BCUT2D eigenvalue weighted by atomic mass is 10.1. The highest BCUT2D eigenvalue weighted by atomic mass is 16.5. The summed E-state index contributed by atoms with van der Waals surface area (Å²) in [7, 11) is 3.49. The molecule has 2 N–H and O–H groups in total. The van der Waals surface area contributed by atoms with E-state index in [2.05, 4.69) is 15.6 Å². The summed E-state index contributed by atoms with van der Waals surface area (Å²) in [4.78, 5) is 30.9. The van der Waals surface area contributed by atoms with Crippen molar-refractivity contribution in [1.29, 1.82) is 0 Å². The van der Waals surface area contributed by atoms with Crippen LogP contribution in [-0.2, 0) is 9.53 Å². The molecule has 0 fully saturated rings. The Labute approximate surface area is 170 Å². The average molecular weight is 398 g/mol. The van der Waals surface area contributed by atoms with Gasteiger partial charge in [-0.25, -0.2) is 0 Å². The molecule has 0 aliphatic carbocycles. The van der Waals surface area contributed by atoms with Gasteiger partial charge >= 0.3 is 0 Å². The van der Waals surface area contributed by atoms with E-state index < -0.39 is 0 Å². The van der Waals surface area contributed by atoms with Crippen molar-refractivity contribution in [3.63, 3.8) is 0 Å². The van der Waals surface area contributed by atoms with E-state index in [0.29, 0.717) is 36.8 Å². The summed E-state index contributed by atoms with van der Waals surface area (Å²) >= 11 is 0. The molecule has 0 spiro atoms. The Kier molecular flexibility index (Phi) is 6.66. The number of hydrogen-bond acceptors (Lipinski definition) is 6. The van der Waals surface area contributed by atoms with Gasteiger partial charge in [0.25, 0.3) is 5.91 Å². The number of fused-ring (bicyclic) bond motifs is 1. The van der Waals surface area contributed by atoms with E-state index in [4.69, 9.17) is 9.47 Å². The number of hydrogen-bond donors (Lipinski definition) is 2. The highest BCUT2D eigenvalue weighted by Crippen LogP contribution is 2.34. The van der Waals surface area contributed by atoms with Gasteiger partial charge in [0.1, 0.15) is 12.4 Å². The summed E-state index contributed by atoms with van der Waals surface area (Å²) in [6.45, 7) is 3.20. The molecule has 2 heterocycles. The van der Waals surface area contributed by atoms with Gasteiger partial charge in [-0.15, -0.1) is 0 Å². The summed E-state index contributed by atoms with van der Waals surface area (Å²) in [6, 6.07) is 7.00. The highest BCUT2D eigenvalue weighted by Gasteiger charge is 2.27. The Morgan fingerprint density at radius 1 is 1.34 bits per heavy atom. The number of rotatable bonds is 7. The SMILES string of the molecule is COCCNC(=O)c1ccc2c(c1)N(C)[C@@H](CC(=O)Nc1cnccc1C)CO2. The molecule has 0 saturated carbocycles. The summed E-state index contributed by atoms with van der Waals surface area (Å²) in [5.41, 5.74) is 2.97. The number of nitrogens with zero attached hydrogens (tertiary/aromatic N) is 2. The summed E-state index contributed by atoms with van der Waals surface area (Å²) in [5.74, 6) is 0.407. The van der Waals surface area contributed by atoms with Crippen molar-refractivity contribution >= 4 is 23.2 Å². The molecule has 0 unspecified atom stereocenters. The zero-order valence-corrected chi connectivity index (χ0v) is 16.9. The van der Waals surface area contributed by atoms with Gasteiger partial charge in [0.15, 0.2) is 0 Å². The Morgan fingerprint density at radius 2 is 2.17 bits per heavy atom. The van der Waals surface area contributed by atoms with Gasteiger partial charge in [0.2, 0.25) is 5.91 Å². The van der Waals surface area contributed by atoms with Crippen molar-refractivity contribution < 1.29 is 19.1 Å². The number of likely N-dealkylation sites (N-methyl/N-ethyl adjacent to an activating group) is 1. The molecule has 1 atom stereocenters. The van der Waals surface area contributed by atoms with Crippen LogP contribution in [0.25, 0.3) is 0 Å². The van der Waals surface area contributed by atoms with Gasteiger partial charge in [-0.05, 0) is 36.8 Å². The van der Waals surface area contributed by atoms with Crippen molar-refractivity contribution in [1.82, 2.24) is 10.3 Å². The molecule has 1 aromatic heterocycles. The van der Waals surface area contributed by atoms with Crippen LogP contribution in [0.2, 0.25) is 0 Å². The van der Waals surface area contributed by atoms with Crippen LogP contribution >= 0.6 is 0 Å². The minimum Gasteiger partial charge on any atom is -0.489 e. The number of benzene rings is 1. The van der Waals surface area contributed by atoms with Crippen LogP contribution in [0.15, 0.2) is 36.7 Å². The molecule has 0 radical (unpaired) electrons. The average Bonchev–Trinajstić information content (AvgIpc) is 2.72. The second-order valence-electron chi connectivity index (χ2n) is 6.95. The minimum atomic E-state index is -0.176. The molecule has 3 rings (SSSR count). The van der Waals surface area contributed by atoms with Gasteiger partial charge in [0, 0.05) is 32.5 Å². The number of aromatic nitrogens is 1. The van der Waals surface area contributed by atoms with Crippen molar-refractivity contribution in [2.75, 3.05) is 44.1 Å². The second-order valence-corrected chi connectivity index (χ2v) is 6.95. The molecular weight excluding hydrogens is 372 g/mol. The summed E-state index contributed by atoms with van der Waals surface area (Å²) in [6.07, 6.45) is 3.58. The van der Waals surface area contributed by atoms with E-state index >= 15 is 0 Å². The molecule has 1 aliphatic heterocycles. The molecule has 8 heteroatoms. The first kappa shape index (κ1) is 20.6. The largest absolute Gasteiger partial charge is 0.489 e. The molecular formula is C21H26N4O4. The van der Waals surface area contributed by atoms with Crippen LogP contribution < -0.4 is 20.3 Å². The fourth-order valence-electron chi connectivity index (χ4n) is 3.13. The number of pyridine rings is 1. The Balaban J connectivity index is 1.66. The molecule has 1 aliphatic rings. The Hall–Kier alpha value is -3.13. The van der Waals surface area contributed by atoms with E-state index in [9.17, 15) is 9.59 Å². The lowest BCUT2D eigenvalue weighted by Gasteiger charge is -2.35. The van der Waals surface area contributed by atoms with Gasteiger partial charge in [-0.3, -0.25) is 14.6 Å². The standard InChI is InChI=1S/C21H26N4O4/c1-14-6-7-22-12-17(14)24-20(26)11-16-13-29-19-5-4-15(10-18(19)25(16)2)21(27)23-8-9-28-3/h4-7,10,12,16H,8-9,11,13H2,1-3H3,(H,23,27)(H,24,26)/t16-/m0/s1. The third-order valence-corrected chi connectivity index (χ3v) is 4.91. The quantitative estimate of drug-likeness (QED) is 0.693. The fourth-order valence-corrected chi connectivity index (χ4v) is 3.13. The maximum Gasteiger partial charge on any atom is 0.251 e. The number of carbonyl (C=O) groups excluding carboxylic acids is 2. The Morgan fingerprint density at radius 3 is 2.93 bits per heavy atom. The van der Waals surface area contributed by atoms with E-state index in [1.54, 1.807) is 37.7 Å². The number of ether oxygens (including phenoxy) is 2. The number of anilines is 2. The van der Waals surface area contributed by atoms with E-state index in [-0.39, 0.29) is 24.3 Å². The zero-order valence-electron chi connectivity index (χ0n) is 16.9. The topological polar surface area (TPSA) is 92.8 Å². The first-order valence-electron chi connectivity index (χ1n) is 9.47. The van der Waals surface area contributed by atoms with Gasteiger partial charge in [-0.1, -0.05) is 0 Å². The second kappa shape index (κ2) is 9.38. The predicted molar refractivity (Wildman–Crippen MR) is 111 cm³/mol. The molecule has 29 heavy (non-hydrogen) atoms. The van der Waals surface area contributed by atoms with E-state index in [0.717, 1.165) is 11.3 Å². The Bertz CT molecular complexity index is 887. The predicted octanol–water partition coefficient (Wildman–Crippen LogP) is 1.99. The van der Waals surface area contributed by atoms with Crippen molar-refractivity contribution in [2.24, 2.45) is 0 Å². The molecule has 0 saturated heterocycles. The monoisotopic (exact) mass is 398 g/mol. The normalized spacial score (nSPS) is 15.3. The van der Waals surface area contributed by atoms with Gasteiger partial charge < -0.3 is 25.0 Å². The number of aryl methyl sites for hydroxylation is 1. The highest BCUT2D eigenvalue weighted by molar-refractivity contribution is 5.96. The van der Waals surface area contributed by atoms with Crippen LogP contribution in [0.5, 0.6) is 5.75 Å². The first-order valence-corrected chi connectivity index (χ1v) is 9.47. The maximum absolute atomic E-state index is 12.5. The van der Waals surface area contributed by atoms with Crippen molar-refractivity contribution in [3.05, 3.63) is 47.8 Å². The third-order valence-electron chi connectivity index (χ3n) is 4.91. The summed E-state index contributed by atoms with van der Waals surface area (Å²) < 4.78 is 10.8. The van der Waals surface area contributed by atoms with Crippen LogP contribution in [0.4, 0.5) is 11.4 Å². The summed E-state index contributed by atoms with van der Waals surface area (Å²) in [5, 5.41) is 5.70. The van der Waals surface area contributed by atoms with Crippen LogP contribution in [0.1, 0.15) is 22.3 Å². The van der Waals surface area contributed by atoms with Crippen molar-refractivity contribution in [3.8, 4) is 5.75 Å². The van der Waals surface area contributed by atoms with Gasteiger partial charge in [0.05, 0.1) is 36.6 Å². The molecule has 8 nitrogen and oxygen atoms in total. The third kappa shape index (κ3) is 5.03. The van der Waals surface area contributed by atoms with Crippen LogP contribution in [0, 0.1) is 6.92 Å². The number of amides is 2. The lowest BCUT2D eigenvalue weighted by molar-refractivity contribution is -0.116. The first-order chi connectivity index (χ1) is 14.0. The number of methoxy groups -OCH3 is 1. The molecule has 2 aromatic rings. The lowest BCUT2D eigenvalue weighted by Crippen LogP contribution is -2.43. The van der Waals surface area contributed by atoms with Gasteiger partial charge in [-0.2, -0.15) is 0 Å². The van der Waals surface area contributed by atoms with E-state index in [1.165, 1.54) is 0 Å².